The van der Waals surface area contributed by atoms with Crippen LogP contribution in [0.15, 0.2) is 64.9 Å². The fourth-order valence-electron chi connectivity index (χ4n) is 2.86. The number of amides is 1. The molecule has 0 spiro atoms. The molecule has 8 heteroatoms. The van der Waals surface area contributed by atoms with Gasteiger partial charge < -0.3 is 10.1 Å². The predicted molar refractivity (Wildman–Crippen MR) is 119 cm³/mol. The van der Waals surface area contributed by atoms with E-state index in [2.05, 4.69) is 10.0 Å². The number of nitrogens with one attached hydrogen (secondary N) is 2. The molecule has 0 bridgehead atoms. The van der Waals surface area contributed by atoms with E-state index in [0.29, 0.717) is 18.7 Å². The molecule has 0 fully saturated rings. The zero-order chi connectivity index (χ0) is 21.6. The first kappa shape index (κ1) is 22.2. The minimum Gasteiger partial charge on any atom is -0.383 e. The van der Waals surface area contributed by atoms with Crippen LogP contribution in [0.3, 0.4) is 0 Å². The average Bonchev–Trinajstić information content (AvgIpc) is 3.24. The molecule has 2 aromatic carbocycles. The molecule has 2 N–H and O–H groups in total. The highest BCUT2D eigenvalue weighted by Gasteiger charge is 2.17. The van der Waals surface area contributed by atoms with Crippen LogP contribution in [0.25, 0.3) is 10.4 Å². The summed E-state index contributed by atoms with van der Waals surface area (Å²) in [7, 11) is -2.04. The number of aryl methyl sites for hydroxylation is 1. The Morgan fingerprint density at radius 1 is 1.07 bits per heavy atom. The third-order valence-corrected chi connectivity index (χ3v) is 7.50. The molecule has 0 saturated heterocycles. The molecule has 0 radical (unpaired) electrons. The molecule has 0 unspecified atom stereocenters. The predicted octanol–water partition coefficient (Wildman–Crippen LogP) is 3.58. The number of thiophene rings is 1. The lowest BCUT2D eigenvalue weighted by molar-refractivity contribution is 0.0951. The van der Waals surface area contributed by atoms with E-state index in [1.165, 1.54) is 18.4 Å². The molecule has 1 aromatic heterocycles. The first-order chi connectivity index (χ1) is 14.4. The van der Waals surface area contributed by atoms with Crippen LogP contribution in [0.5, 0.6) is 0 Å². The highest BCUT2D eigenvalue weighted by Crippen LogP contribution is 2.30. The minimum atomic E-state index is -3.55. The summed E-state index contributed by atoms with van der Waals surface area (Å²) in [5.41, 5.74) is 3.61. The maximum atomic E-state index is 12.4. The lowest BCUT2D eigenvalue weighted by Crippen LogP contribution is -2.26. The van der Waals surface area contributed by atoms with Crippen LogP contribution in [0.4, 0.5) is 0 Å². The molecule has 0 aliphatic heterocycles. The fourth-order valence-corrected chi connectivity index (χ4v) is 5.23. The van der Waals surface area contributed by atoms with Crippen molar-refractivity contribution in [2.24, 2.45) is 0 Å². The summed E-state index contributed by atoms with van der Waals surface area (Å²) in [5.74, 6) is -0.153. The molecule has 0 saturated carbocycles. The Bertz CT molecular complexity index is 1110. The van der Waals surface area contributed by atoms with Crippen molar-refractivity contribution < 1.29 is 17.9 Å². The number of carbonyl (C=O) groups is 1. The SMILES string of the molecule is COCCNS(=O)(=O)c1ccc(-c2ccc(C(=O)NCc3cccc(C)c3)cc2)s1. The van der Waals surface area contributed by atoms with Gasteiger partial charge in [-0.1, -0.05) is 42.0 Å². The zero-order valence-corrected chi connectivity index (χ0v) is 18.5. The highest BCUT2D eigenvalue weighted by molar-refractivity contribution is 7.91. The first-order valence-corrected chi connectivity index (χ1v) is 11.7. The topological polar surface area (TPSA) is 84.5 Å². The normalized spacial score (nSPS) is 11.4. The number of rotatable bonds is 9. The molecular weight excluding hydrogens is 420 g/mol. The molecule has 0 atom stereocenters. The molecule has 6 nitrogen and oxygen atoms in total. The summed E-state index contributed by atoms with van der Waals surface area (Å²) in [6.45, 7) is 3.01. The van der Waals surface area contributed by atoms with Gasteiger partial charge in [0.25, 0.3) is 5.91 Å². The Kier molecular flexibility index (Phi) is 7.38. The van der Waals surface area contributed by atoms with Crippen molar-refractivity contribution in [3.63, 3.8) is 0 Å². The van der Waals surface area contributed by atoms with Gasteiger partial charge in [-0.2, -0.15) is 0 Å². The largest absolute Gasteiger partial charge is 0.383 e. The third kappa shape index (κ3) is 5.76. The van der Waals surface area contributed by atoms with Crippen LogP contribution >= 0.6 is 11.3 Å². The summed E-state index contributed by atoms with van der Waals surface area (Å²) in [6, 6.07) is 18.5. The van der Waals surface area contributed by atoms with Crippen molar-refractivity contribution in [3.8, 4) is 10.4 Å². The van der Waals surface area contributed by atoms with E-state index in [1.807, 2.05) is 43.3 Å². The molecule has 30 heavy (non-hydrogen) atoms. The van der Waals surface area contributed by atoms with Gasteiger partial charge in [-0.15, -0.1) is 11.3 Å². The number of carbonyl (C=O) groups excluding carboxylic acids is 1. The van der Waals surface area contributed by atoms with Gasteiger partial charge in [0.1, 0.15) is 4.21 Å². The van der Waals surface area contributed by atoms with Crippen LogP contribution in [0.2, 0.25) is 0 Å². The number of methoxy groups -OCH3 is 1. The van der Waals surface area contributed by atoms with Crippen molar-refractivity contribution in [1.82, 2.24) is 10.0 Å². The van der Waals surface area contributed by atoms with E-state index in [9.17, 15) is 13.2 Å². The highest BCUT2D eigenvalue weighted by atomic mass is 32.2. The van der Waals surface area contributed by atoms with Crippen molar-refractivity contribution >= 4 is 27.3 Å². The third-order valence-electron chi connectivity index (χ3n) is 4.41. The molecule has 0 aliphatic rings. The van der Waals surface area contributed by atoms with Crippen LogP contribution in [0.1, 0.15) is 21.5 Å². The number of sulfonamides is 1. The summed E-state index contributed by atoms with van der Waals surface area (Å²) in [6.07, 6.45) is 0. The summed E-state index contributed by atoms with van der Waals surface area (Å²) in [4.78, 5) is 13.2. The van der Waals surface area contributed by atoms with Gasteiger partial charge in [0, 0.05) is 30.6 Å². The lowest BCUT2D eigenvalue weighted by atomic mass is 10.1. The Hall–Kier alpha value is -2.52. The quantitative estimate of drug-likeness (QED) is 0.494. The van der Waals surface area contributed by atoms with Crippen LogP contribution in [-0.2, 0) is 21.3 Å². The summed E-state index contributed by atoms with van der Waals surface area (Å²) >= 11 is 1.18. The average molecular weight is 445 g/mol. The van der Waals surface area contributed by atoms with Crippen molar-refractivity contribution in [3.05, 3.63) is 77.4 Å². The second-order valence-corrected chi connectivity index (χ2v) is 9.84. The second kappa shape index (κ2) is 9.99. The van der Waals surface area contributed by atoms with Gasteiger partial charge in [0.15, 0.2) is 0 Å². The van der Waals surface area contributed by atoms with E-state index in [-0.39, 0.29) is 16.7 Å². The number of hydrogen-bond acceptors (Lipinski definition) is 5. The molecule has 1 amide bonds. The molecule has 3 rings (SSSR count). The smallest absolute Gasteiger partial charge is 0.251 e. The van der Waals surface area contributed by atoms with Gasteiger partial charge in [0.05, 0.1) is 6.61 Å². The Labute approximate surface area is 181 Å². The maximum absolute atomic E-state index is 12.4. The Balaban J connectivity index is 1.64. The lowest BCUT2D eigenvalue weighted by Gasteiger charge is -2.07. The van der Waals surface area contributed by atoms with Gasteiger partial charge >= 0.3 is 0 Å². The van der Waals surface area contributed by atoms with Crippen molar-refractivity contribution in [2.45, 2.75) is 17.7 Å². The van der Waals surface area contributed by atoms with Gasteiger partial charge in [-0.05, 0) is 42.3 Å². The monoisotopic (exact) mass is 444 g/mol. The minimum absolute atomic E-state index is 0.153. The maximum Gasteiger partial charge on any atom is 0.251 e. The molecule has 158 valence electrons. The van der Waals surface area contributed by atoms with Crippen LogP contribution in [-0.4, -0.2) is 34.6 Å². The van der Waals surface area contributed by atoms with E-state index < -0.39 is 10.0 Å². The first-order valence-electron chi connectivity index (χ1n) is 9.41. The van der Waals surface area contributed by atoms with E-state index in [4.69, 9.17) is 4.74 Å². The van der Waals surface area contributed by atoms with Gasteiger partial charge in [0.2, 0.25) is 10.0 Å². The Morgan fingerprint density at radius 3 is 2.53 bits per heavy atom. The standard InChI is InChI=1S/C22H24N2O4S2/c1-16-4-3-5-17(14-16)15-23-22(25)19-8-6-18(7-9-19)20-10-11-21(29-20)30(26,27)24-12-13-28-2/h3-11,14,24H,12-13,15H2,1-2H3,(H,23,25). The molecule has 3 aromatic rings. The Morgan fingerprint density at radius 2 is 1.83 bits per heavy atom. The van der Waals surface area contributed by atoms with Gasteiger partial charge in [-0.25, -0.2) is 13.1 Å². The molecular formula is C22H24N2O4S2. The summed E-state index contributed by atoms with van der Waals surface area (Å²) in [5, 5.41) is 2.92. The van der Waals surface area contributed by atoms with E-state index >= 15 is 0 Å². The number of hydrogen-bond donors (Lipinski definition) is 2. The van der Waals surface area contributed by atoms with E-state index in [0.717, 1.165) is 21.6 Å². The van der Waals surface area contributed by atoms with Crippen LogP contribution in [0, 0.1) is 6.92 Å². The fraction of sp³-hybridized carbons (Fsp3) is 0.227. The van der Waals surface area contributed by atoms with Crippen molar-refractivity contribution in [1.29, 1.82) is 0 Å². The van der Waals surface area contributed by atoms with Gasteiger partial charge in [-0.3, -0.25) is 4.79 Å². The van der Waals surface area contributed by atoms with E-state index in [1.54, 1.807) is 24.3 Å². The van der Waals surface area contributed by atoms with Crippen LogP contribution < -0.4 is 10.0 Å². The van der Waals surface area contributed by atoms with Crippen molar-refractivity contribution in [2.75, 3.05) is 20.3 Å². The molecule has 0 aliphatic carbocycles. The second-order valence-electron chi connectivity index (χ2n) is 6.76. The number of benzene rings is 2. The summed E-state index contributed by atoms with van der Waals surface area (Å²) < 4.78 is 32.2. The zero-order valence-electron chi connectivity index (χ0n) is 16.8. The molecule has 1 heterocycles. The number of ether oxygens (including phenoxy) is 1.